The van der Waals surface area contributed by atoms with Gasteiger partial charge in [-0.3, -0.25) is 4.79 Å². The van der Waals surface area contributed by atoms with Crippen LogP contribution in [-0.2, 0) is 4.79 Å². The first-order valence-electron chi connectivity index (χ1n) is 7.80. The second-order valence-corrected chi connectivity index (χ2v) is 6.03. The average Bonchev–Trinajstić information content (AvgIpc) is 2.88. The van der Waals surface area contributed by atoms with Crippen molar-refractivity contribution in [2.24, 2.45) is 11.7 Å². The van der Waals surface area contributed by atoms with Crippen LogP contribution >= 0.6 is 0 Å². The number of amides is 1. The molecular formula is C15H28N2O. The normalized spacial score (nSPS) is 27.4. The average molecular weight is 252 g/mol. The van der Waals surface area contributed by atoms with Crippen molar-refractivity contribution in [2.45, 2.75) is 76.8 Å². The number of hydrogen-bond donors (Lipinski definition) is 1. The summed E-state index contributed by atoms with van der Waals surface area (Å²) >= 11 is 0. The zero-order valence-corrected chi connectivity index (χ0v) is 11.7. The molecule has 1 saturated carbocycles. The fourth-order valence-electron chi connectivity index (χ4n) is 3.72. The van der Waals surface area contributed by atoms with Gasteiger partial charge in [0.1, 0.15) is 0 Å². The van der Waals surface area contributed by atoms with Crippen molar-refractivity contribution < 1.29 is 4.79 Å². The number of likely N-dealkylation sites (tertiary alicyclic amines) is 1. The van der Waals surface area contributed by atoms with E-state index in [2.05, 4.69) is 11.8 Å². The molecule has 1 aliphatic heterocycles. The molecule has 1 heterocycles. The van der Waals surface area contributed by atoms with E-state index in [1.54, 1.807) is 0 Å². The molecule has 3 heteroatoms. The first-order valence-corrected chi connectivity index (χ1v) is 7.80. The Hall–Kier alpha value is -0.570. The summed E-state index contributed by atoms with van der Waals surface area (Å²) in [6.45, 7) is 3.03. The van der Waals surface area contributed by atoms with Crippen molar-refractivity contribution in [2.75, 3.05) is 6.54 Å². The van der Waals surface area contributed by atoms with Crippen molar-refractivity contribution in [3.8, 4) is 0 Å². The first kappa shape index (κ1) is 13.9. The summed E-state index contributed by atoms with van der Waals surface area (Å²) in [5.41, 5.74) is 6.01. The zero-order valence-electron chi connectivity index (χ0n) is 11.7. The molecule has 0 bridgehead atoms. The molecule has 1 unspecified atom stereocenters. The fraction of sp³-hybridized carbons (Fsp3) is 0.933. The van der Waals surface area contributed by atoms with Crippen LogP contribution in [-0.4, -0.2) is 29.4 Å². The molecule has 2 N–H and O–H groups in total. The van der Waals surface area contributed by atoms with Gasteiger partial charge in [0.05, 0.1) is 6.04 Å². The van der Waals surface area contributed by atoms with Gasteiger partial charge in [-0.05, 0) is 38.0 Å². The maximum Gasteiger partial charge on any atom is 0.239 e. The highest BCUT2D eigenvalue weighted by Gasteiger charge is 2.36. The van der Waals surface area contributed by atoms with Gasteiger partial charge in [0, 0.05) is 12.6 Å². The minimum absolute atomic E-state index is 0.213. The number of carbonyl (C=O) groups is 1. The highest BCUT2D eigenvalue weighted by Crippen LogP contribution is 2.34. The van der Waals surface area contributed by atoms with E-state index >= 15 is 0 Å². The predicted octanol–water partition coefficient (Wildman–Crippen LogP) is 2.69. The highest BCUT2D eigenvalue weighted by molar-refractivity contribution is 5.82. The number of carbonyl (C=O) groups excluding carboxylic acids is 1. The molecule has 1 saturated heterocycles. The van der Waals surface area contributed by atoms with Crippen molar-refractivity contribution in [3.63, 3.8) is 0 Å². The molecule has 2 aliphatic rings. The molecule has 2 fully saturated rings. The summed E-state index contributed by atoms with van der Waals surface area (Å²) in [6, 6.07) is 0.236. The molecule has 18 heavy (non-hydrogen) atoms. The van der Waals surface area contributed by atoms with E-state index in [-0.39, 0.29) is 11.9 Å². The maximum atomic E-state index is 12.4. The Kier molecular flexibility index (Phi) is 5.04. The van der Waals surface area contributed by atoms with Crippen LogP contribution in [0.3, 0.4) is 0 Å². The van der Waals surface area contributed by atoms with Crippen LogP contribution in [0.5, 0.6) is 0 Å². The van der Waals surface area contributed by atoms with Crippen LogP contribution in [0.1, 0.15) is 64.7 Å². The molecule has 104 valence electrons. The van der Waals surface area contributed by atoms with Gasteiger partial charge in [-0.15, -0.1) is 0 Å². The third-order valence-corrected chi connectivity index (χ3v) is 4.69. The van der Waals surface area contributed by atoms with E-state index in [0.29, 0.717) is 6.04 Å². The van der Waals surface area contributed by atoms with E-state index in [9.17, 15) is 4.79 Å². The summed E-state index contributed by atoms with van der Waals surface area (Å²) in [5, 5.41) is 0. The number of rotatable bonds is 4. The molecule has 2 rings (SSSR count). The lowest BCUT2D eigenvalue weighted by atomic mass is 9.83. The Balaban J connectivity index is 1.95. The monoisotopic (exact) mass is 252 g/mol. The van der Waals surface area contributed by atoms with E-state index in [1.807, 2.05) is 0 Å². The predicted molar refractivity (Wildman–Crippen MR) is 74.2 cm³/mol. The van der Waals surface area contributed by atoms with Crippen LogP contribution in [0.15, 0.2) is 0 Å². The van der Waals surface area contributed by atoms with E-state index in [4.69, 9.17) is 5.73 Å². The van der Waals surface area contributed by atoms with Gasteiger partial charge in [-0.1, -0.05) is 32.6 Å². The molecule has 0 spiro atoms. The third kappa shape index (κ3) is 3.05. The van der Waals surface area contributed by atoms with Crippen molar-refractivity contribution in [3.05, 3.63) is 0 Å². The maximum absolute atomic E-state index is 12.4. The Morgan fingerprint density at radius 3 is 2.61 bits per heavy atom. The number of hydrogen-bond acceptors (Lipinski definition) is 2. The smallest absolute Gasteiger partial charge is 0.239 e. The number of nitrogens with two attached hydrogens (primary N) is 1. The molecule has 0 aromatic heterocycles. The lowest BCUT2D eigenvalue weighted by molar-refractivity contribution is -0.134. The SMILES string of the molecule is CCC[C@H](N)C(=O)N1CCCC1C1CCCCC1. The molecular weight excluding hydrogens is 224 g/mol. The van der Waals surface area contributed by atoms with Crippen LogP contribution in [0, 0.1) is 5.92 Å². The Bertz CT molecular complexity index is 274. The highest BCUT2D eigenvalue weighted by atomic mass is 16.2. The van der Waals surface area contributed by atoms with Gasteiger partial charge in [-0.25, -0.2) is 0 Å². The van der Waals surface area contributed by atoms with Crippen LogP contribution < -0.4 is 5.73 Å². The molecule has 0 aromatic carbocycles. The van der Waals surface area contributed by atoms with Crippen LogP contribution in [0.4, 0.5) is 0 Å². The molecule has 0 radical (unpaired) electrons. The summed E-state index contributed by atoms with van der Waals surface area (Å²) in [6.07, 6.45) is 10.9. The van der Waals surface area contributed by atoms with Crippen molar-refractivity contribution in [1.82, 2.24) is 4.90 Å². The fourth-order valence-corrected chi connectivity index (χ4v) is 3.72. The van der Waals surface area contributed by atoms with E-state index in [0.717, 1.165) is 25.3 Å². The van der Waals surface area contributed by atoms with Gasteiger partial charge in [-0.2, -0.15) is 0 Å². The molecule has 0 aromatic rings. The van der Waals surface area contributed by atoms with E-state index in [1.165, 1.54) is 44.9 Å². The zero-order chi connectivity index (χ0) is 13.0. The van der Waals surface area contributed by atoms with Gasteiger partial charge < -0.3 is 10.6 Å². The van der Waals surface area contributed by atoms with Gasteiger partial charge in [0.25, 0.3) is 0 Å². The van der Waals surface area contributed by atoms with Gasteiger partial charge in [0.15, 0.2) is 0 Å². The van der Waals surface area contributed by atoms with E-state index < -0.39 is 0 Å². The molecule has 1 aliphatic carbocycles. The minimum Gasteiger partial charge on any atom is -0.338 e. The van der Waals surface area contributed by atoms with Gasteiger partial charge in [0.2, 0.25) is 5.91 Å². The summed E-state index contributed by atoms with van der Waals surface area (Å²) in [4.78, 5) is 14.5. The standard InChI is InChI=1S/C15H28N2O/c1-2-7-13(16)15(18)17-11-6-10-14(17)12-8-4-3-5-9-12/h12-14H,2-11,16H2,1H3/t13-,14?/m0/s1. The summed E-state index contributed by atoms with van der Waals surface area (Å²) in [5.74, 6) is 0.962. The number of nitrogens with zero attached hydrogens (tertiary/aromatic N) is 1. The lowest BCUT2D eigenvalue weighted by Gasteiger charge is -2.35. The van der Waals surface area contributed by atoms with Gasteiger partial charge >= 0.3 is 0 Å². The minimum atomic E-state index is -0.265. The summed E-state index contributed by atoms with van der Waals surface area (Å²) < 4.78 is 0. The summed E-state index contributed by atoms with van der Waals surface area (Å²) in [7, 11) is 0. The molecule has 2 atom stereocenters. The quantitative estimate of drug-likeness (QED) is 0.836. The largest absolute Gasteiger partial charge is 0.338 e. The van der Waals surface area contributed by atoms with Crippen LogP contribution in [0.25, 0.3) is 0 Å². The van der Waals surface area contributed by atoms with Crippen molar-refractivity contribution in [1.29, 1.82) is 0 Å². The first-order chi connectivity index (χ1) is 8.74. The molecule has 1 amide bonds. The lowest BCUT2D eigenvalue weighted by Crippen LogP contribution is -2.48. The second-order valence-electron chi connectivity index (χ2n) is 6.03. The Morgan fingerprint density at radius 1 is 1.22 bits per heavy atom. The Morgan fingerprint density at radius 2 is 1.94 bits per heavy atom. The molecule has 3 nitrogen and oxygen atoms in total. The second kappa shape index (κ2) is 6.55. The topological polar surface area (TPSA) is 46.3 Å². The Labute approximate surface area is 111 Å². The van der Waals surface area contributed by atoms with Crippen molar-refractivity contribution >= 4 is 5.91 Å². The van der Waals surface area contributed by atoms with Crippen LogP contribution in [0.2, 0.25) is 0 Å². The third-order valence-electron chi connectivity index (χ3n) is 4.69.